The molecule has 1 aliphatic heterocycles. The van der Waals surface area contributed by atoms with Crippen molar-refractivity contribution in [3.63, 3.8) is 0 Å². The Kier molecular flexibility index (Phi) is 7.46. The number of nitrogens with zero attached hydrogens (tertiary/aromatic N) is 3. The third-order valence-corrected chi connectivity index (χ3v) is 5.69. The molecule has 0 radical (unpaired) electrons. The van der Waals surface area contributed by atoms with E-state index in [1.807, 2.05) is 80.4 Å². The fourth-order valence-corrected chi connectivity index (χ4v) is 3.68. The number of benzene rings is 2. The van der Waals surface area contributed by atoms with Gasteiger partial charge in [0.25, 0.3) is 5.91 Å². The quantitative estimate of drug-likeness (QED) is 0.705. The minimum atomic E-state index is -0.0140. The van der Waals surface area contributed by atoms with E-state index in [-0.39, 0.29) is 17.9 Å². The van der Waals surface area contributed by atoms with Gasteiger partial charge in [0.2, 0.25) is 5.91 Å². The summed E-state index contributed by atoms with van der Waals surface area (Å²) < 4.78 is 5.60. The second-order valence-electron chi connectivity index (χ2n) is 7.59. The fraction of sp³-hybridized carbons (Fsp3) is 0.417. The molecule has 2 aromatic rings. The first-order valence-corrected chi connectivity index (χ1v) is 10.5. The Morgan fingerprint density at radius 1 is 1.00 bits per heavy atom. The Morgan fingerprint density at radius 2 is 1.63 bits per heavy atom. The normalized spacial score (nSPS) is 15.5. The lowest BCUT2D eigenvalue weighted by molar-refractivity contribution is -0.133. The zero-order valence-electron chi connectivity index (χ0n) is 18.1. The van der Waals surface area contributed by atoms with Crippen molar-refractivity contribution in [2.45, 2.75) is 19.9 Å². The van der Waals surface area contributed by atoms with Crippen LogP contribution in [0.25, 0.3) is 0 Å². The highest BCUT2D eigenvalue weighted by molar-refractivity contribution is 5.97. The summed E-state index contributed by atoms with van der Waals surface area (Å²) in [7, 11) is 1.85. The Bertz CT molecular complexity index is 848. The molecule has 3 rings (SSSR count). The first-order chi connectivity index (χ1) is 14.5. The molecule has 2 amide bonds. The average molecular weight is 410 g/mol. The van der Waals surface area contributed by atoms with Crippen LogP contribution in [-0.4, -0.2) is 72.9 Å². The summed E-state index contributed by atoms with van der Waals surface area (Å²) in [6.45, 7) is 7.41. The van der Waals surface area contributed by atoms with E-state index in [9.17, 15) is 9.59 Å². The van der Waals surface area contributed by atoms with Crippen molar-refractivity contribution >= 4 is 11.8 Å². The van der Waals surface area contributed by atoms with Gasteiger partial charge in [0.05, 0.1) is 24.8 Å². The summed E-state index contributed by atoms with van der Waals surface area (Å²) in [5.41, 5.74) is 1.72. The maximum absolute atomic E-state index is 12.9. The lowest BCUT2D eigenvalue weighted by Crippen LogP contribution is -2.51. The fourth-order valence-electron chi connectivity index (χ4n) is 3.68. The molecule has 1 unspecified atom stereocenters. The molecule has 0 aliphatic carbocycles. The summed E-state index contributed by atoms with van der Waals surface area (Å²) in [6, 6.07) is 17.4. The van der Waals surface area contributed by atoms with Crippen molar-refractivity contribution < 1.29 is 14.3 Å². The first-order valence-electron chi connectivity index (χ1n) is 10.5. The average Bonchev–Trinajstić information content (AvgIpc) is 2.79. The van der Waals surface area contributed by atoms with E-state index < -0.39 is 0 Å². The van der Waals surface area contributed by atoms with E-state index in [0.29, 0.717) is 50.6 Å². The molecule has 0 N–H and O–H groups in total. The number of rotatable bonds is 7. The zero-order valence-corrected chi connectivity index (χ0v) is 18.1. The van der Waals surface area contributed by atoms with Crippen LogP contribution < -0.4 is 4.74 Å². The van der Waals surface area contributed by atoms with E-state index in [1.54, 1.807) is 4.90 Å². The van der Waals surface area contributed by atoms with E-state index >= 15 is 0 Å². The smallest absolute Gasteiger partial charge is 0.257 e. The largest absolute Gasteiger partial charge is 0.493 e. The molecule has 0 saturated carbocycles. The van der Waals surface area contributed by atoms with Gasteiger partial charge in [-0.15, -0.1) is 0 Å². The molecule has 6 heteroatoms. The van der Waals surface area contributed by atoms with Gasteiger partial charge >= 0.3 is 0 Å². The van der Waals surface area contributed by atoms with Crippen molar-refractivity contribution in [1.29, 1.82) is 0 Å². The van der Waals surface area contributed by atoms with Crippen LogP contribution in [-0.2, 0) is 4.79 Å². The van der Waals surface area contributed by atoms with Gasteiger partial charge in [0.1, 0.15) is 5.75 Å². The number of piperazine rings is 1. The summed E-state index contributed by atoms with van der Waals surface area (Å²) >= 11 is 0. The Hall–Kier alpha value is -2.86. The van der Waals surface area contributed by atoms with Crippen LogP contribution in [0.4, 0.5) is 0 Å². The Balaban J connectivity index is 1.53. The predicted molar refractivity (Wildman–Crippen MR) is 118 cm³/mol. The van der Waals surface area contributed by atoms with Crippen LogP contribution in [0.2, 0.25) is 0 Å². The molecule has 6 nitrogen and oxygen atoms in total. The molecule has 0 bridgehead atoms. The number of carbonyl (C=O) groups is 2. The monoisotopic (exact) mass is 409 g/mol. The lowest BCUT2D eigenvalue weighted by atomic mass is 10.1. The van der Waals surface area contributed by atoms with Gasteiger partial charge < -0.3 is 14.5 Å². The molecule has 0 aromatic heterocycles. The highest BCUT2D eigenvalue weighted by Crippen LogP contribution is 2.21. The molecule has 2 aromatic carbocycles. The number of hydrogen-bond donors (Lipinski definition) is 0. The van der Waals surface area contributed by atoms with Crippen LogP contribution in [0.5, 0.6) is 5.75 Å². The number of likely N-dealkylation sites (N-methyl/N-ethyl adjacent to an activating group) is 1. The molecule has 1 fully saturated rings. The summed E-state index contributed by atoms with van der Waals surface area (Å²) in [6.07, 6.45) is 0. The van der Waals surface area contributed by atoms with Crippen molar-refractivity contribution in [3.8, 4) is 5.75 Å². The molecule has 1 aliphatic rings. The van der Waals surface area contributed by atoms with E-state index in [1.165, 1.54) is 0 Å². The first kappa shape index (κ1) is 21.8. The topological polar surface area (TPSA) is 53.1 Å². The Morgan fingerprint density at radius 3 is 2.30 bits per heavy atom. The predicted octanol–water partition coefficient (Wildman–Crippen LogP) is 3.06. The van der Waals surface area contributed by atoms with Crippen LogP contribution in [0.3, 0.4) is 0 Å². The Labute approximate surface area is 179 Å². The van der Waals surface area contributed by atoms with E-state index in [4.69, 9.17) is 4.74 Å². The van der Waals surface area contributed by atoms with Crippen LogP contribution >= 0.6 is 0 Å². The molecule has 0 spiro atoms. The molecule has 1 atom stereocenters. The summed E-state index contributed by atoms with van der Waals surface area (Å²) in [5, 5.41) is 0. The molecule has 30 heavy (non-hydrogen) atoms. The van der Waals surface area contributed by atoms with E-state index in [2.05, 4.69) is 4.90 Å². The van der Waals surface area contributed by atoms with Gasteiger partial charge in [-0.2, -0.15) is 0 Å². The third-order valence-electron chi connectivity index (χ3n) is 5.69. The van der Waals surface area contributed by atoms with Crippen LogP contribution in [0.15, 0.2) is 54.6 Å². The minimum Gasteiger partial charge on any atom is -0.493 e. The highest BCUT2D eigenvalue weighted by Gasteiger charge is 2.26. The van der Waals surface area contributed by atoms with Crippen LogP contribution in [0, 0.1) is 0 Å². The second kappa shape index (κ2) is 10.3. The highest BCUT2D eigenvalue weighted by atomic mass is 16.5. The maximum Gasteiger partial charge on any atom is 0.257 e. The summed E-state index contributed by atoms with van der Waals surface area (Å²) in [5.74, 6) is 0.701. The molecule has 1 heterocycles. The number of carbonyl (C=O) groups excluding carboxylic acids is 2. The van der Waals surface area contributed by atoms with Crippen LogP contribution in [0.1, 0.15) is 35.8 Å². The van der Waals surface area contributed by atoms with Gasteiger partial charge in [-0.3, -0.25) is 14.5 Å². The maximum atomic E-state index is 12.9. The van der Waals surface area contributed by atoms with Gasteiger partial charge in [-0.05, 0) is 31.5 Å². The SMILES string of the molecule is CCOc1ccccc1C(=O)N1CCN(CC(=O)N(C)C(C)c2ccccc2)CC1. The van der Waals surface area contributed by atoms with Crippen molar-refractivity contribution in [2.75, 3.05) is 46.4 Å². The minimum absolute atomic E-state index is 0.0140. The van der Waals surface area contributed by atoms with E-state index in [0.717, 1.165) is 5.56 Å². The summed E-state index contributed by atoms with van der Waals surface area (Å²) in [4.78, 5) is 31.5. The number of ether oxygens (including phenoxy) is 1. The third kappa shape index (κ3) is 5.19. The van der Waals surface area contributed by atoms with Crippen molar-refractivity contribution in [3.05, 3.63) is 65.7 Å². The number of para-hydroxylation sites is 1. The van der Waals surface area contributed by atoms with Crippen molar-refractivity contribution in [1.82, 2.24) is 14.7 Å². The zero-order chi connectivity index (χ0) is 21.5. The van der Waals surface area contributed by atoms with Gasteiger partial charge in [-0.1, -0.05) is 42.5 Å². The molecule has 1 saturated heterocycles. The van der Waals surface area contributed by atoms with Gasteiger partial charge in [0, 0.05) is 33.2 Å². The molecular formula is C24H31N3O3. The standard InChI is InChI=1S/C24H31N3O3/c1-4-30-22-13-9-8-12-21(22)24(29)27-16-14-26(15-17-27)18-23(28)25(3)19(2)20-10-6-5-7-11-20/h5-13,19H,4,14-18H2,1-3H3. The second-order valence-corrected chi connectivity index (χ2v) is 7.59. The molecule has 160 valence electrons. The lowest BCUT2D eigenvalue weighted by Gasteiger charge is -2.36. The molecular weight excluding hydrogens is 378 g/mol. The van der Waals surface area contributed by atoms with Gasteiger partial charge in [-0.25, -0.2) is 0 Å². The number of amides is 2. The van der Waals surface area contributed by atoms with Gasteiger partial charge in [0.15, 0.2) is 0 Å². The van der Waals surface area contributed by atoms with Crippen molar-refractivity contribution in [2.24, 2.45) is 0 Å². The number of hydrogen-bond acceptors (Lipinski definition) is 4.